The Bertz CT molecular complexity index is 614. The van der Waals surface area contributed by atoms with Crippen LogP contribution in [0.3, 0.4) is 0 Å². The average Bonchev–Trinajstić information content (AvgIpc) is 2.54. The van der Waals surface area contributed by atoms with Gasteiger partial charge in [0.1, 0.15) is 5.75 Å². The molecule has 1 rings (SSSR count). The molecule has 0 aromatic heterocycles. The molecule has 0 aliphatic heterocycles. The van der Waals surface area contributed by atoms with Crippen molar-refractivity contribution >= 4 is 12.1 Å². The van der Waals surface area contributed by atoms with Gasteiger partial charge in [-0.15, -0.1) is 0 Å². The molecule has 0 aliphatic carbocycles. The summed E-state index contributed by atoms with van der Waals surface area (Å²) in [5.41, 5.74) is 5.22. The number of aromatic hydroxyl groups is 1. The van der Waals surface area contributed by atoms with Crippen LogP contribution in [0.15, 0.2) is 17.2 Å². The molecule has 1 aromatic carbocycles. The van der Waals surface area contributed by atoms with Gasteiger partial charge in [-0.2, -0.15) is 5.10 Å². The summed E-state index contributed by atoms with van der Waals surface area (Å²) in [5, 5.41) is 14.8. The number of hydrogen-bond acceptors (Lipinski definition) is 3. The minimum atomic E-state index is -0.162. The van der Waals surface area contributed by atoms with E-state index in [2.05, 4.69) is 59.0 Å². The van der Waals surface area contributed by atoms with Crippen LogP contribution in [0.4, 0.5) is 0 Å². The molecule has 0 fully saturated rings. The Labute approximate surface area is 165 Å². The molecule has 0 atom stereocenters. The second-order valence-corrected chi connectivity index (χ2v) is 9.38. The van der Waals surface area contributed by atoms with Crippen LogP contribution in [0.5, 0.6) is 5.75 Å². The molecule has 0 aliphatic rings. The lowest BCUT2D eigenvalue weighted by atomic mass is 9.78. The van der Waals surface area contributed by atoms with Crippen molar-refractivity contribution in [2.75, 3.05) is 0 Å². The molecule has 152 valence electrons. The van der Waals surface area contributed by atoms with Gasteiger partial charge in [-0.05, 0) is 46.8 Å². The number of benzene rings is 1. The minimum absolute atomic E-state index is 0.0792. The van der Waals surface area contributed by atoms with Crippen molar-refractivity contribution in [1.29, 1.82) is 0 Å². The van der Waals surface area contributed by atoms with E-state index in [0.29, 0.717) is 18.6 Å². The molecule has 0 heterocycles. The molecule has 1 aromatic rings. The smallest absolute Gasteiger partial charge is 0.240 e. The lowest BCUT2D eigenvalue weighted by Crippen LogP contribution is -2.20. The Kier molecular flexibility index (Phi) is 8.52. The van der Waals surface area contributed by atoms with E-state index in [1.54, 1.807) is 6.21 Å². The highest BCUT2D eigenvalue weighted by molar-refractivity contribution is 5.77. The molecule has 27 heavy (non-hydrogen) atoms. The Morgan fingerprint density at radius 1 is 1.07 bits per heavy atom. The van der Waals surface area contributed by atoms with E-state index in [9.17, 15) is 9.90 Å². The van der Waals surface area contributed by atoms with Crippen LogP contribution in [-0.2, 0) is 22.0 Å². The zero-order chi connectivity index (χ0) is 20.7. The maximum Gasteiger partial charge on any atom is 0.240 e. The molecule has 0 saturated carbocycles. The summed E-state index contributed by atoms with van der Waals surface area (Å²) in [5.74, 6) is 0.296. The van der Waals surface area contributed by atoms with E-state index in [1.165, 1.54) is 12.8 Å². The van der Waals surface area contributed by atoms with Crippen LogP contribution in [-0.4, -0.2) is 17.2 Å². The van der Waals surface area contributed by atoms with E-state index < -0.39 is 0 Å². The third kappa shape index (κ3) is 7.74. The third-order valence-electron chi connectivity index (χ3n) is 4.64. The summed E-state index contributed by atoms with van der Waals surface area (Å²) in [4.78, 5) is 12.1. The molecule has 1 amide bonds. The molecule has 4 nitrogen and oxygen atoms in total. The zero-order valence-electron chi connectivity index (χ0n) is 18.3. The highest BCUT2D eigenvalue weighted by Crippen LogP contribution is 2.39. The number of hydrogen-bond donors (Lipinski definition) is 2. The third-order valence-corrected chi connectivity index (χ3v) is 4.64. The standard InChI is InChI=1S/C23H38N2O2/c1-8-9-10-11-14-24-25-20(26)13-12-17-15-18(22(2,3)4)21(27)19(16-17)23(5,6)7/h14-16,27H,8-13H2,1-7H3,(H,25,26)/b24-14-. The Hall–Kier alpha value is -1.84. The number of carbonyl (C=O) groups is 1. The summed E-state index contributed by atoms with van der Waals surface area (Å²) in [6, 6.07) is 4.07. The molecule has 0 radical (unpaired) electrons. The van der Waals surface area contributed by atoms with E-state index in [1.807, 2.05) is 12.1 Å². The topological polar surface area (TPSA) is 61.7 Å². The fourth-order valence-corrected chi connectivity index (χ4v) is 2.96. The van der Waals surface area contributed by atoms with E-state index >= 15 is 0 Å². The monoisotopic (exact) mass is 374 g/mol. The number of hydrazone groups is 1. The molecular formula is C23H38N2O2. The van der Waals surface area contributed by atoms with Gasteiger partial charge in [-0.3, -0.25) is 4.79 Å². The van der Waals surface area contributed by atoms with Crippen molar-refractivity contribution in [3.63, 3.8) is 0 Å². The average molecular weight is 375 g/mol. The van der Waals surface area contributed by atoms with Gasteiger partial charge in [0.05, 0.1) is 0 Å². The van der Waals surface area contributed by atoms with Crippen LogP contribution in [0.1, 0.15) is 97.3 Å². The van der Waals surface area contributed by atoms with Crippen molar-refractivity contribution in [2.24, 2.45) is 5.10 Å². The summed E-state index contributed by atoms with van der Waals surface area (Å²) >= 11 is 0. The van der Waals surface area contributed by atoms with Gasteiger partial charge in [-0.1, -0.05) is 73.4 Å². The summed E-state index contributed by atoms with van der Waals surface area (Å²) in [6.07, 6.45) is 7.16. The summed E-state index contributed by atoms with van der Waals surface area (Å²) in [7, 11) is 0. The van der Waals surface area contributed by atoms with Crippen LogP contribution in [0.2, 0.25) is 0 Å². The largest absolute Gasteiger partial charge is 0.507 e. The van der Waals surface area contributed by atoms with E-state index in [4.69, 9.17) is 0 Å². The molecule has 0 spiro atoms. The first-order valence-corrected chi connectivity index (χ1v) is 10.1. The number of aryl methyl sites for hydroxylation is 1. The maximum absolute atomic E-state index is 12.1. The van der Waals surface area contributed by atoms with Crippen LogP contribution >= 0.6 is 0 Å². The molecule has 0 saturated heterocycles. The lowest BCUT2D eigenvalue weighted by Gasteiger charge is -2.28. The number of amides is 1. The minimum Gasteiger partial charge on any atom is -0.507 e. The number of rotatable bonds is 8. The normalized spacial score (nSPS) is 12.6. The first kappa shape index (κ1) is 23.2. The number of carbonyl (C=O) groups excluding carboxylic acids is 1. The predicted molar refractivity (Wildman–Crippen MR) is 115 cm³/mol. The molecule has 0 unspecified atom stereocenters. The van der Waals surface area contributed by atoms with E-state index in [-0.39, 0.29) is 16.7 Å². The predicted octanol–water partition coefficient (Wildman–Crippen LogP) is 5.60. The number of nitrogens with zero attached hydrogens (tertiary/aromatic N) is 1. The summed E-state index contributed by atoms with van der Waals surface area (Å²) in [6.45, 7) is 14.7. The quantitative estimate of drug-likeness (QED) is 0.353. The summed E-state index contributed by atoms with van der Waals surface area (Å²) < 4.78 is 0. The van der Waals surface area contributed by atoms with Crippen molar-refractivity contribution in [3.8, 4) is 5.75 Å². The van der Waals surface area contributed by atoms with Gasteiger partial charge in [0, 0.05) is 12.6 Å². The van der Waals surface area contributed by atoms with Crippen LogP contribution < -0.4 is 5.43 Å². The van der Waals surface area contributed by atoms with Gasteiger partial charge in [0.2, 0.25) is 5.91 Å². The van der Waals surface area contributed by atoms with E-state index in [0.717, 1.165) is 29.5 Å². The zero-order valence-corrected chi connectivity index (χ0v) is 18.3. The Balaban J connectivity index is 2.81. The van der Waals surface area contributed by atoms with Crippen LogP contribution in [0.25, 0.3) is 0 Å². The van der Waals surface area contributed by atoms with Gasteiger partial charge in [-0.25, -0.2) is 5.43 Å². The fraction of sp³-hybridized carbons (Fsp3) is 0.652. The second-order valence-electron chi connectivity index (χ2n) is 9.38. The second kappa shape index (κ2) is 9.91. The van der Waals surface area contributed by atoms with Gasteiger partial charge < -0.3 is 5.11 Å². The molecular weight excluding hydrogens is 336 g/mol. The van der Waals surface area contributed by atoms with Crippen molar-refractivity contribution in [1.82, 2.24) is 5.43 Å². The Morgan fingerprint density at radius 3 is 2.11 bits per heavy atom. The first-order chi connectivity index (χ1) is 12.5. The molecule has 0 bridgehead atoms. The maximum atomic E-state index is 12.1. The molecule has 4 heteroatoms. The van der Waals surface area contributed by atoms with Gasteiger partial charge in [0.15, 0.2) is 0 Å². The molecule has 2 N–H and O–H groups in total. The van der Waals surface area contributed by atoms with Crippen molar-refractivity contribution < 1.29 is 9.90 Å². The van der Waals surface area contributed by atoms with Gasteiger partial charge >= 0.3 is 0 Å². The first-order valence-electron chi connectivity index (χ1n) is 10.1. The fourth-order valence-electron chi connectivity index (χ4n) is 2.96. The lowest BCUT2D eigenvalue weighted by molar-refractivity contribution is -0.121. The number of phenolic OH excluding ortho intramolecular Hbond substituents is 1. The van der Waals surface area contributed by atoms with Crippen molar-refractivity contribution in [2.45, 2.75) is 97.8 Å². The highest BCUT2D eigenvalue weighted by Gasteiger charge is 2.26. The van der Waals surface area contributed by atoms with Crippen molar-refractivity contribution in [3.05, 3.63) is 28.8 Å². The van der Waals surface area contributed by atoms with Gasteiger partial charge in [0.25, 0.3) is 0 Å². The highest BCUT2D eigenvalue weighted by atomic mass is 16.3. The van der Waals surface area contributed by atoms with Crippen LogP contribution in [0, 0.1) is 0 Å². The number of phenols is 1. The number of nitrogens with one attached hydrogen (secondary N) is 1. The Morgan fingerprint density at radius 2 is 1.63 bits per heavy atom. The SMILES string of the molecule is CCCCC/C=N\NC(=O)CCc1cc(C(C)(C)C)c(O)c(C(C)(C)C)c1. The number of unbranched alkanes of at least 4 members (excludes halogenated alkanes) is 3.